The fourth-order valence-corrected chi connectivity index (χ4v) is 2.91. The number of carbonyl (C=O) groups excluding carboxylic acids is 1. The summed E-state index contributed by atoms with van der Waals surface area (Å²) in [6.45, 7) is 2.10. The van der Waals surface area contributed by atoms with Gasteiger partial charge < -0.3 is 0 Å². The van der Waals surface area contributed by atoms with Gasteiger partial charge in [0.1, 0.15) is 6.54 Å². The standard InChI is InChI=1S/C17H14N4O/c1-12-17-14-9-5-6-10-15(14)21(13-7-3-2-4-8-13)16(22)11-20(17)19-18-12/h2-10H,11H2,1H3. The zero-order chi connectivity index (χ0) is 15.1. The Hall–Kier alpha value is -2.95. The van der Waals surface area contributed by atoms with E-state index in [0.717, 1.165) is 28.3 Å². The number of carbonyl (C=O) groups is 1. The first-order valence-corrected chi connectivity index (χ1v) is 7.13. The zero-order valence-electron chi connectivity index (χ0n) is 12.1. The normalized spacial score (nSPS) is 13.5. The number of rotatable bonds is 1. The minimum atomic E-state index is -0.0256. The Labute approximate surface area is 127 Å². The van der Waals surface area contributed by atoms with Crippen molar-refractivity contribution < 1.29 is 4.79 Å². The van der Waals surface area contributed by atoms with Crippen LogP contribution >= 0.6 is 0 Å². The lowest BCUT2D eigenvalue weighted by Gasteiger charge is -2.22. The van der Waals surface area contributed by atoms with Crippen molar-refractivity contribution in [3.63, 3.8) is 0 Å². The molecule has 0 N–H and O–H groups in total. The fraction of sp³-hybridized carbons (Fsp3) is 0.118. The molecule has 0 saturated carbocycles. The van der Waals surface area contributed by atoms with Gasteiger partial charge in [-0.3, -0.25) is 9.69 Å². The molecule has 0 bridgehead atoms. The Morgan fingerprint density at radius 2 is 1.73 bits per heavy atom. The van der Waals surface area contributed by atoms with Crippen molar-refractivity contribution in [2.45, 2.75) is 13.5 Å². The van der Waals surface area contributed by atoms with Gasteiger partial charge in [0, 0.05) is 11.3 Å². The molecule has 108 valence electrons. The van der Waals surface area contributed by atoms with Crippen molar-refractivity contribution >= 4 is 17.3 Å². The minimum absolute atomic E-state index is 0.0256. The molecule has 1 aliphatic heterocycles. The number of fused-ring (bicyclic) bond motifs is 3. The Kier molecular flexibility index (Phi) is 2.79. The summed E-state index contributed by atoms with van der Waals surface area (Å²) in [6, 6.07) is 17.6. The molecule has 1 aromatic heterocycles. The first kappa shape index (κ1) is 12.8. The zero-order valence-corrected chi connectivity index (χ0v) is 12.1. The van der Waals surface area contributed by atoms with Gasteiger partial charge in [-0.2, -0.15) is 0 Å². The van der Waals surface area contributed by atoms with Gasteiger partial charge in [-0.1, -0.05) is 41.6 Å². The summed E-state index contributed by atoms with van der Waals surface area (Å²) in [4.78, 5) is 14.5. The van der Waals surface area contributed by atoms with Gasteiger partial charge >= 0.3 is 0 Å². The van der Waals surface area contributed by atoms with E-state index in [2.05, 4.69) is 10.3 Å². The third kappa shape index (κ3) is 1.83. The molecule has 22 heavy (non-hydrogen) atoms. The number of benzene rings is 2. The molecule has 0 spiro atoms. The number of anilines is 2. The Bertz CT molecular complexity index is 854. The third-order valence-electron chi connectivity index (χ3n) is 3.85. The maximum absolute atomic E-state index is 12.8. The van der Waals surface area contributed by atoms with E-state index in [4.69, 9.17) is 0 Å². The quantitative estimate of drug-likeness (QED) is 0.692. The van der Waals surface area contributed by atoms with Crippen LogP contribution < -0.4 is 4.90 Å². The summed E-state index contributed by atoms with van der Waals surface area (Å²) < 4.78 is 1.68. The molecule has 0 fully saturated rings. The van der Waals surface area contributed by atoms with E-state index in [0.29, 0.717) is 0 Å². The van der Waals surface area contributed by atoms with Crippen molar-refractivity contribution in [2.75, 3.05) is 4.90 Å². The highest BCUT2D eigenvalue weighted by molar-refractivity contribution is 6.05. The number of aromatic nitrogens is 3. The number of hydrogen-bond donors (Lipinski definition) is 0. The van der Waals surface area contributed by atoms with E-state index >= 15 is 0 Å². The van der Waals surface area contributed by atoms with E-state index in [-0.39, 0.29) is 12.5 Å². The molecule has 0 saturated heterocycles. The van der Waals surface area contributed by atoms with Gasteiger partial charge in [0.15, 0.2) is 0 Å². The van der Waals surface area contributed by atoms with Crippen LogP contribution in [0.25, 0.3) is 11.3 Å². The first-order chi connectivity index (χ1) is 10.8. The molecule has 5 nitrogen and oxygen atoms in total. The molecule has 0 aliphatic carbocycles. The van der Waals surface area contributed by atoms with Gasteiger partial charge in [-0.15, -0.1) is 5.10 Å². The van der Waals surface area contributed by atoms with Gasteiger partial charge in [-0.25, -0.2) is 4.68 Å². The molecule has 4 rings (SSSR count). The molecule has 2 heterocycles. The van der Waals surface area contributed by atoms with Crippen LogP contribution in [0.5, 0.6) is 0 Å². The van der Waals surface area contributed by atoms with Crippen LogP contribution in [0.2, 0.25) is 0 Å². The highest BCUT2D eigenvalue weighted by atomic mass is 16.2. The number of aryl methyl sites for hydroxylation is 1. The predicted molar refractivity (Wildman–Crippen MR) is 83.8 cm³/mol. The Morgan fingerprint density at radius 3 is 2.55 bits per heavy atom. The van der Waals surface area contributed by atoms with Gasteiger partial charge in [-0.05, 0) is 25.1 Å². The Morgan fingerprint density at radius 1 is 1.00 bits per heavy atom. The first-order valence-electron chi connectivity index (χ1n) is 7.13. The fourth-order valence-electron chi connectivity index (χ4n) is 2.91. The van der Waals surface area contributed by atoms with Crippen molar-refractivity contribution in [1.82, 2.24) is 15.0 Å². The average Bonchev–Trinajstić information content (AvgIpc) is 2.83. The van der Waals surface area contributed by atoms with Gasteiger partial charge in [0.2, 0.25) is 0 Å². The maximum Gasteiger partial charge on any atom is 0.253 e. The van der Waals surface area contributed by atoms with E-state index in [1.165, 1.54) is 0 Å². The second kappa shape index (κ2) is 4.80. The van der Waals surface area contributed by atoms with Crippen molar-refractivity contribution in [2.24, 2.45) is 0 Å². The van der Waals surface area contributed by atoms with Crippen molar-refractivity contribution in [3.05, 3.63) is 60.3 Å². The van der Waals surface area contributed by atoms with E-state index in [1.54, 1.807) is 9.58 Å². The molecule has 2 aromatic carbocycles. The van der Waals surface area contributed by atoms with E-state index < -0.39 is 0 Å². The summed E-state index contributed by atoms with van der Waals surface area (Å²) in [5, 5.41) is 8.23. The number of para-hydroxylation sites is 2. The summed E-state index contributed by atoms with van der Waals surface area (Å²) in [5.41, 5.74) is 4.43. The topological polar surface area (TPSA) is 51.0 Å². The smallest absolute Gasteiger partial charge is 0.253 e. The highest BCUT2D eigenvalue weighted by Gasteiger charge is 2.28. The summed E-state index contributed by atoms with van der Waals surface area (Å²) in [5.74, 6) is -0.0256. The lowest BCUT2D eigenvalue weighted by molar-refractivity contribution is -0.118. The number of nitrogens with zero attached hydrogens (tertiary/aromatic N) is 4. The maximum atomic E-state index is 12.8. The van der Waals surface area contributed by atoms with Crippen LogP contribution in [0.1, 0.15) is 5.69 Å². The molecule has 5 heteroatoms. The Balaban J connectivity index is 2.00. The molecule has 0 radical (unpaired) electrons. The largest absolute Gasteiger partial charge is 0.279 e. The van der Waals surface area contributed by atoms with Gasteiger partial charge in [0.05, 0.1) is 17.1 Å². The molecule has 0 atom stereocenters. The van der Waals surface area contributed by atoms with Crippen LogP contribution in [0.3, 0.4) is 0 Å². The summed E-state index contributed by atoms with van der Waals surface area (Å²) in [6.07, 6.45) is 0. The number of amides is 1. The summed E-state index contributed by atoms with van der Waals surface area (Å²) in [7, 11) is 0. The van der Waals surface area contributed by atoms with Crippen LogP contribution in [0.15, 0.2) is 54.6 Å². The third-order valence-corrected chi connectivity index (χ3v) is 3.85. The summed E-state index contributed by atoms with van der Waals surface area (Å²) >= 11 is 0. The van der Waals surface area contributed by atoms with Crippen LogP contribution in [-0.4, -0.2) is 20.9 Å². The molecule has 0 unspecified atom stereocenters. The predicted octanol–water partition coefficient (Wildman–Crippen LogP) is 2.93. The van der Waals surface area contributed by atoms with Crippen molar-refractivity contribution in [1.29, 1.82) is 0 Å². The lowest BCUT2D eigenvalue weighted by atomic mass is 10.1. The SMILES string of the molecule is Cc1nnn2c1-c1ccccc1N(c1ccccc1)C(=O)C2. The minimum Gasteiger partial charge on any atom is -0.279 e. The van der Waals surface area contributed by atoms with Crippen LogP contribution in [0.4, 0.5) is 11.4 Å². The molecule has 3 aromatic rings. The highest BCUT2D eigenvalue weighted by Crippen LogP contribution is 2.38. The molecular weight excluding hydrogens is 276 g/mol. The monoisotopic (exact) mass is 290 g/mol. The second-order valence-corrected chi connectivity index (χ2v) is 5.26. The lowest BCUT2D eigenvalue weighted by Crippen LogP contribution is -2.28. The van der Waals surface area contributed by atoms with Crippen LogP contribution in [0, 0.1) is 6.92 Å². The average molecular weight is 290 g/mol. The van der Waals surface area contributed by atoms with E-state index in [1.807, 2.05) is 61.5 Å². The van der Waals surface area contributed by atoms with Crippen molar-refractivity contribution in [3.8, 4) is 11.3 Å². The number of hydrogen-bond acceptors (Lipinski definition) is 3. The molecular formula is C17H14N4O. The van der Waals surface area contributed by atoms with Gasteiger partial charge in [0.25, 0.3) is 5.91 Å². The van der Waals surface area contributed by atoms with E-state index in [9.17, 15) is 4.79 Å². The molecule has 1 aliphatic rings. The van der Waals surface area contributed by atoms with Crippen LogP contribution in [-0.2, 0) is 11.3 Å². The second-order valence-electron chi connectivity index (χ2n) is 5.26. The molecule has 1 amide bonds.